The topological polar surface area (TPSA) is 54.4 Å². The minimum absolute atomic E-state index is 0.0451. The second-order valence-corrected chi connectivity index (χ2v) is 7.24. The number of rotatable bonds is 5. The fourth-order valence-corrected chi connectivity index (χ4v) is 3.79. The van der Waals surface area contributed by atoms with Crippen molar-refractivity contribution in [2.45, 2.75) is 13.3 Å². The average molecular weight is 398 g/mol. The number of hydrogen-bond acceptors (Lipinski definition) is 2. The third-order valence-electron chi connectivity index (χ3n) is 5.30. The van der Waals surface area contributed by atoms with Gasteiger partial charge in [0, 0.05) is 11.1 Å². The third kappa shape index (κ3) is 3.72. The number of hydrogen-bond donors (Lipinski definition) is 1. The van der Waals surface area contributed by atoms with Gasteiger partial charge in [-0.05, 0) is 58.5 Å². The minimum atomic E-state index is -0.954. The first-order chi connectivity index (χ1) is 14.4. The van der Waals surface area contributed by atoms with E-state index in [1.807, 2.05) is 43.3 Å². The van der Waals surface area contributed by atoms with Gasteiger partial charge in [0.1, 0.15) is 5.82 Å². The summed E-state index contributed by atoms with van der Waals surface area (Å²) in [6.45, 7) is 1.86. The predicted octanol–water partition coefficient (Wildman–Crippen LogP) is 5.86. The molecule has 3 nitrogen and oxygen atoms in total. The van der Waals surface area contributed by atoms with Crippen LogP contribution in [0.1, 0.15) is 46.0 Å². The summed E-state index contributed by atoms with van der Waals surface area (Å²) in [5, 5.41) is 9.26. The van der Waals surface area contributed by atoms with E-state index in [4.69, 9.17) is 0 Å². The first kappa shape index (κ1) is 19.5. The molecule has 30 heavy (non-hydrogen) atoms. The molecule has 148 valence electrons. The second-order valence-electron chi connectivity index (χ2n) is 7.24. The molecule has 0 bridgehead atoms. The molecular formula is C26H19FO3. The molecule has 1 aliphatic carbocycles. The molecule has 0 fully saturated rings. The number of halogens is 1. The van der Waals surface area contributed by atoms with Gasteiger partial charge in [-0.15, -0.1) is 0 Å². The summed E-state index contributed by atoms with van der Waals surface area (Å²) in [5.41, 5.74) is 5.85. The van der Waals surface area contributed by atoms with Crippen molar-refractivity contribution in [3.8, 4) is 0 Å². The van der Waals surface area contributed by atoms with Gasteiger partial charge in [-0.2, -0.15) is 0 Å². The summed E-state index contributed by atoms with van der Waals surface area (Å²) in [6.07, 6.45) is 1.78. The predicted molar refractivity (Wildman–Crippen MR) is 115 cm³/mol. The van der Waals surface area contributed by atoms with Crippen molar-refractivity contribution >= 4 is 29.0 Å². The van der Waals surface area contributed by atoms with Crippen LogP contribution in [0.15, 0.2) is 78.4 Å². The van der Waals surface area contributed by atoms with E-state index in [1.54, 1.807) is 30.3 Å². The summed E-state index contributed by atoms with van der Waals surface area (Å²) in [4.78, 5) is 23.9. The molecule has 0 spiro atoms. The third-order valence-corrected chi connectivity index (χ3v) is 5.30. The summed E-state index contributed by atoms with van der Waals surface area (Å²) in [6, 6.07) is 20.8. The van der Waals surface area contributed by atoms with Crippen LogP contribution in [0.5, 0.6) is 0 Å². The number of carbonyl (C=O) groups excluding carboxylic acids is 1. The number of fused-ring (bicyclic) bond motifs is 1. The molecule has 0 radical (unpaired) electrons. The van der Waals surface area contributed by atoms with Crippen molar-refractivity contribution in [1.29, 1.82) is 0 Å². The number of carboxylic acid groups (broad SMARTS) is 1. The van der Waals surface area contributed by atoms with Gasteiger partial charge in [0.05, 0.1) is 6.42 Å². The van der Waals surface area contributed by atoms with Gasteiger partial charge in [0.25, 0.3) is 0 Å². The molecule has 0 aliphatic heterocycles. The highest BCUT2D eigenvalue weighted by Crippen LogP contribution is 2.43. The Balaban J connectivity index is 1.70. The molecule has 0 heterocycles. The Bertz CT molecular complexity index is 1200. The molecular weight excluding hydrogens is 379 g/mol. The van der Waals surface area contributed by atoms with Crippen LogP contribution in [-0.2, 0) is 4.79 Å². The molecule has 0 amide bonds. The Kier molecular flexibility index (Phi) is 5.15. The van der Waals surface area contributed by atoms with Crippen molar-refractivity contribution in [2.75, 3.05) is 0 Å². The van der Waals surface area contributed by atoms with E-state index in [-0.39, 0.29) is 12.2 Å². The van der Waals surface area contributed by atoms with Gasteiger partial charge in [-0.25, -0.2) is 4.39 Å². The SMILES string of the molecule is CC1=C(CC(=O)O)c2cc(F)ccc2/C1=C\c1ccc(C(=O)c2ccccc2)cc1. The van der Waals surface area contributed by atoms with Crippen LogP contribution in [0.3, 0.4) is 0 Å². The summed E-state index contributed by atoms with van der Waals surface area (Å²) >= 11 is 0. The number of carbonyl (C=O) groups is 2. The van der Waals surface area contributed by atoms with Crippen LogP contribution in [-0.4, -0.2) is 16.9 Å². The normalized spacial score (nSPS) is 14.1. The maximum absolute atomic E-state index is 13.8. The summed E-state index contributed by atoms with van der Waals surface area (Å²) < 4.78 is 13.8. The smallest absolute Gasteiger partial charge is 0.307 e. The number of carboxylic acids is 1. The standard InChI is InChI=1S/C26H19FO3/c1-16-22(21-12-11-20(27)14-24(21)23(16)15-25(28)29)13-17-7-9-19(10-8-17)26(30)18-5-3-2-4-6-18/h2-14H,15H2,1H3,(H,28,29)/b22-13-. The summed E-state index contributed by atoms with van der Waals surface area (Å²) in [5.74, 6) is -1.39. The fraction of sp³-hybridized carbons (Fsp3) is 0.0769. The van der Waals surface area contributed by atoms with Crippen LogP contribution >= 0.6 is 0 Å². The van der Waals surface area contributed by atoms with Gasteiger partial charge in [-0.3, -0.25) is 9.59 Å². The molecule has 0 aromatic heterocycles. The monoisotopic (exact) mass is 398 g/mol. The van der Waals surface area contributed by atoms with Gasteiger partial charge >= 0.3 is 5.97 Å². The van der Waals surface area contributed by atoms with E-state index in [0.717, 1.165) is 22.3 Å². The quantitative estimate of drug-likeness (QED) is 0.548. The Morgan fingerprint density at radius 2 is 1.57 bits per heavy atom. The Morgan fingerprint density at radius 1 is 0.900 bits per heavy atom. The Labute approximate surface area is 173 Å². The number of allylic oxidation sites excluding steroid dienone is 2. The molecule has 4 rings (SSSR count). The van der Waals surface area contributed by atoms with Gasteiger partial charge < -0.3 is 5.11 Å². The maximum Gasteiger partial charge on any atom is 0.307 e. The molecule has 0 saturated heterocycles. The summed E-state index contributed by atoms with van der Waals surface area (Å²) in [7, 11) is 0. The van der Waals surface area contributed by atoms with Gasteiger partial charge in [0.15, 0.2) is 5.78 Å². The zero-order chi connectivity index (χ0) is 21.3. The van der Waals surface area contributed by atoms with E-state index in [2.05, 4.69) is 0 Å². The lowest BCUT2D eigenvalue weighted by Crippen LogP contribution is -2.00. The highest BCUT2D eigenvalue weighted by molar-refractivity contribution is 6.10. The molecule has 0 saturated carbocycles. The lowest BCUT2D eigenvalue weighted by atomic mass is 9.98. The number of ketones is 1. The molecule has 0 unspecified atom stereocenters. The first-order valence-corrected chi connectivity index (χ1v) is 9.58. The Morgan fingerprint density at radius 3 is 2.23 bits per heavy atom. The van der Waals surface area contributed by atoms with Crippen molar-refractivity contribution in [3.63, 3.8) is 0 Å². The van der Waals surface area contributed by atoms with E-state index in [9.17, 15) is 19.1 Å². The molecule has 1 aliphatic rings. The highest BCUT2D eigenvalue weighted by atomic mass is 19.1. The van der Waals surface area contributed by atoms with E-state index < -0.39 is 11.8 Å². The minimum Gasteiger partial charge on any atom is -0.481 e. The zero-order valence-electron chi connectivity index (χ0n) is 16.4. The van der Waals surface area contributed by atoms with Crippen molar-refractivity contribution in [2.24, 2.45) is 0 Å². The van der Waals surface area contributed by atoms with Gasteiger partial charge in [0.2, 0.25) is 0 Å². The second kappa shape index (κ2) is 7.91. The lowest BCUT2D eigenvalue weighted by Gasteiger charge is -2.06. The molecule has 3 aromatic carbocycles. The maximum atomic E-state index is 13.8. The molecule has 3 aromatic rings. The molecule has 0 atom stereocenters. The highest BCUT2D eigenvalue weighted by Gasteiger charge is 2.25. The van der Waals surface area contributed by atoms with Crippen molar-refractivity contribution in [3.05, 3.63) is 112 Å². The largest absolute Gasteiger partial charge is 0.481 e. The fourth-order valence-electron chi connectivity index (χ4n) is 3.79. The average Bonchev–Trinajstić information content (AvgIpc) is 2.99. The van der Waals surface area contributed by atoms with E-state index >= 15 is 0 Å². The van der Waals surface area contributed by atoms with Crippen LogP contribution in [0.25, 0.3) is 17.2 Å². The van der Waals surface area contributed by atoms with E-state index in [1.165, 1.54) is 12.1 Å². The van der Waals surface area contributed by atoms with Crippen LogP contribution in [0, 0.1) is 5.82 Å². The lowest BCUT2D eigenvalue weighted by molar-refractivity contribution is -0.135. The molecule has 4 heteroatoms. The molecule has 1 N–H and O–H groups in total. The first-order valence-electron chi connectivity index (χ1n) is 9.58. The number of benzene rings is 3. The van der Waals surface area contributed by atoms with Crippen LogP contribution in [0.4, 0.5) is 4.39 Å². The van der Waals surface area contributed by atoms with Crippen LogP contribution < -0.4 is 0 Å². The van der Waals surface area contributed by atoms with Crippen LogP contribution in [0.2, 0.25) is 0 Å². The number of aliphatic carboxylic acids is 1. The van der Waals surface area contributed by atoms with Gasteiger partial charge in [-0.1, -0.05) is 60.7 Å². The van der Waals surface area contributed by atoms with Crippen molar-refractivity contribution in [1.82, 2.24) is 0 Å². The zero-order valence-corrected chi connectivity index (χ0v) is 16.4. The Hall–Kier alpha value is -3.79. The van der Waals surface area contributed by atoms with Crippen molar-refractivity contribution < 1.29 is 19.1 Å². The van der Waals surface area contributed by atoms with E-state index in [0.29, 0.717) is 22.3 Å².